The molecule has 26 heavy (non-hydrogen) atoms. The summed E-state index contributed by atoms with van der Waals surface area (Å²) in [5.41, 5.74) is 1.43. The van der Waals surface area contributed by atoms with Gasteiger partial charge in [0.1, 0.15) is 11.4 Å². The van der Waals surface area contributed by atoms with E-state index in [2.05, 4.69) is 5.10 Å². The molecule has 0 aliphatic carbocycles. The van der Waals surface area contributed by atoms with Gasteiger partial charge in [0.25, 0.3) is 0 Å². The summed E-state index contributed by atoms with van der Waals surface area (Å²) < 4.78 is 14.8. The lowest BCUT2D eigenvalue weighted by atomic mass is 10.0. The van der Waals surface area contributed by atoms with Gasteiger partial charge in [-0.3, -0.25) is 9.48 Å². The molecule has 1 aliphatic heterocycles. The van der Waals surface area contributed by atoms with E-state index in [1.807, 2.05) is 0 Å². The van der Waals surface area contributed by atoms with Crippen LogP contribution in [-0.2, 0) is 11.2 Å². The molecule has 1 fully saturated rings. The number of rotatable bonds is 4. The summed E-state index contributed by atoms with van der Waals surface area (Å²) in [6.45, 7) is 2.86. The summed E-state index contributed by atoms with van der Waals surface area (Å²) in [6.07, 6.45) is 2.90. The van der Waals surface area contributed by atoms with Crippen LogP contribution in [0.2, 0.25) is 5.02 Å². The van der Waals surface area contributed by atoms with Crippen LogP contribution < -0.4 is 0 Å². The molecule has 138 valence electrons. The third-order valence-corrected chi connectivity index (χ3v) is 5.15. The van der Waals surface area contributed by atoms with Crippen molar-refractivity contribution in [3.8, 4) is 0 Å². The van der Waals surface area contributed by atoms with Crippen molar-refractivity contribution in [1.82, 2.24) is 14.7 Å². The minimum atomic E-state index is -0.988. The summed E-state index contributed by atoms with van der Waals surface area (Å²) in [7, 11) is 0. The molecule has 1 N–H and O–H groups in total. The first kappa shape index (κ1) is 18.4. The minimum absolute atomic E-state index is 0.0552. The van der Waals surface area contributed by atoms with Crippen molar-refractivity contribution >= 4 is 23.5 Å². The monoisotopic (exact) mass is 379 g/mol. The Kier molecular flexibility index (Phi) is 5.27. The molecule has 1 amide bonds. The van der Waals surface area contributed by atoms with Crippen molar-refractivity contribution in [3.63, 3.8) is 0 Å². The molecular weight excluding hydrogens is 361 g/mol. The van der Waals surface area contributed by atoms with E-state index in [1.165, 1.54) is 24.4 Å². The number of halogens is 2. The van der Waals surface area contributed by atoms with Crippen LogP contribution >= 0.6 is 11.6 Å². The second kappa shape index (κ2) is 7.45. The average Bonchev–Trinajstić information content (AvgIpc) is 2.99. The van der Waals surface area contributed by atoms with Crippen molar-refractivity contribution < 1.29 is 19.1 Å². The van der Waals surface area contributed by atoms with Crippen molar-refractivity contribution in [2.45, 2.75) is 32.2 Å². The number of nitrogens with zero attached hydrogens (tertiary/aromatic N) is 3. The molecule has 2 aromatic rings. The topological polar surface area (TPSA) is 75.4 Å². The molecule has 8 heteroatoms. The zero-order chi connectivity index (χ0) is 18.8. The van der Waals surface area contributed by atoms with Crippen LogP contribution in [0.4, 0.5) is 4.39 Å². The van der Waals surface area contributed by atoms with Crippen molar-refractivity contribution in [3.05, 3.63) is 52.1 Å². The first-order valence-electron chi connectivity index (χ1n) is 8.36. The summed E-state index contributed by atoms with van der Waals surface area (Å²) >= 11 is 5.99. The maximum Gasteiger partial charge on any atom is 0.339 e. The lowest BCUT2D eigenvalue weighted by molar-refractivity contribution is -0.131. The lowest BCUT2D eigenvalue weighted by Crippen LogP contribution is -2.40. The van der Waals surface area contributed by atoms with Gasteiger partial charge in [0.05, 0.1) is 24.4 Å². The largest absolute Gasteiger partial charge is 0.478 e. The predicted octanol–water partition coefficient (Wildman–Crippen LogP) is 3.09. The van der Waals surface area contributed by atoms with E-state index in [4.69, 9.17) is 16.7 Å². The molecule has 0 saturated carbocycles. The third-order valence-electron chi connectivity index (χ3n) is 4.79. The van der Waals surface area contributed by atoms with E-state index >= 15 is 0 Å². The Morgan fingerprint density at radius 2 is 2.04 bits per heavy atom. The van der Waals surface area contributed by atoms with Gasteiger partial charge in [0.15, 0.2) is 0 Å². The number of hydrogen-bond acceptors (Lipinski definition) is 3. The molecule has 3 rings (SSSR count). The van der Waals surface area contributed by atoms with E-state index < -0.39 is 11.8 Å². The molecule has 0 atom stereocenters. The number of carboxylic acids is 1. The summed E-state index contributed by atoms with van der Waals surface area (Å²) in [5.74, 6) is -1.47. The van der Waals surface area contributed by atoms with Crippen LogP contribution in [0, 0.1) is 12.7 Å². The van der Waals surface area contributed by atoms with Crippen LogP contribution in [0.1, 0.15) is 40.5 Å². The predicted molar refractivity (Wildman–Crippen MR) is 93.9 cm³/mol. The van der Waals surface area contributed by atoms with Crippen LogP contribution in [0.3, 0.4) is 0 Å². The average molecular weight is 380 g/mol. The second-order valence-electron chi connectivity index (χ2n) is 6.42. The molecule has 0 bridgehead atoms. The Morgan fingerprint density at radius 3 is 2.62 bits per heavy atom. The number of carbonyl (C=O) groups excluding carboxylic acids is 1. The third kappa shape index (κ3) is 3.72. The molecule has 0 spiro atoms. The smallest absolute Gasteiger partial charge is 0.339 e. The van der Waals surface area contributed by atoms with Gasteiger partial charge in [-0.05, 0) is 37.5 Å². The fraction of sp³-hybridized carbons (Fsp3) is 0.389. The number of aromatic carboxylic acids is 1. The molecule has 1 aromatic carbocycles. The number of aromatic nitrogens is 2. The molecule has 1 aliphatic rings. The highest BCUT2D eigenvalue weighted by molar-refractivity contribution is 6.31. The molecule has 0 unspecified atom stereocenters. The second-order valence-corrected chi connectivity index (χ2v) is 6.83. The minimum Gasteiger partial charge on any atom is -0.478 e. The van der Waals surface area contributed by atoms with Crippen LogP contribution in [0.5, 0.6) is 0 Å². The summed E-state index contributed by atoms with van der Waals surface area (Å²) in [5, 5.41) is 13.6. The standard InChI is InChI=1S/C18H19ClFN3O3/c1-11-15(18(25)26)10-21-23(11)14-4-6-22(7-5-14)17(24)8-12-2-3-13(20)9-16(12)19/h2-3,9-10,14H,4-8H2,1H3,(H,25,26). The Balaban J connectivity index is 1.61. The highest BCUT2D eigenvalue weighted by Crippen LogP contribution is 2.26. The first-order chi connectivity index (χ1) is 12.4. The van der Waals surface area contributed by atoms with E-state index in [0.717, 1.165) is 0 Å². The maximum absolute atomic E-state index is 13.1. The van der Waals surface area contributed by atoms with Gasteiger partial charge in [-0.25, -0.2) is 9.18 Å². The van der Waals surface area contributed by atoms with Crippen LogP contribution in [-0.4, -0.2) is 44.8 Å². The number of carboxylic acid groups (broad SMARTS) is 1. The number of amides is 1. The van der Waals surface area contributed by atoms with Gasteiger partial charge in [-0.2, -0.15) is 5.10 Å². The van der Waals surface area contributed by atoms with E-state index in [1.54, 1.807) is 16.5 Å². The molecule has 1 aromatic heterocycles. The van der Waals surface area contributed by atoms with Gasteiger partial charge >= 0.3 is 5.97 Å². The van der Waals surface area contributed by atoms with E-state index in [9.17, 15) is 14.0 Å². The Bertz CT molecular complexity index is 844. The van der Waals surface area contributed by atoms with Crippen molar-refractivity contribution in [2.75, 3.05) is 13.1 Å². The summed E-state index contributed by atoms with van der Waals surface area (Å²) in [6, 6.07) is 4.10. The quantitative estimate of drug-likeness (QED) is 0.885. The van der Waals surface area contributed by atoms with Crippen LogP contribution in [0.15, 0.2) is 24.4 Å². The van der Waals surface area contributed by atoms with Gasteiger partial charge in [-0.15, -0.1) is 0 Å². The van der Waals surface area contributed by atoms with Gasteiger partial charge < -0.3 is 10.0 Å². The SMILES string of the molecule is Cc1c(C(=O)O)cnn1C1CCN(C(=O)Cc2ccc(F)cc2Cl)CC1. The summed E-state index contributed by atoms with van der Waals surface area (Å²) in [4.78, 5) is 25.4. The fourth-order valence-electron chi connectivity index (χ4n) is 3.30. The lowest BCUT2D eigenvalue weighted by Gasteiger charge is -2.32. The Morgan fingerprint density at radius 1 is 1.35 bits per heavy atom. The molecule has 6 nitrogen and oxygen atoms in total. The van der Waals surface area contributed by atoms with Gasteiger partial charge in [0, 0.05) is 18.1 Å². The zero-order valence-corrected chi connectivity index (χ0v) is 15.0. The highest BCUT2D eigenvalue weighted by Gasteiger charge is 2.26. The molecule has 2 heterocycles. The number of likely N-dealkylation sites (tertiary alicyclic amines) is 1. The number of benzene rings is 1. The number of hydrogen-bond donors (Lipinski definition) is 1. The van der Waals surface area contributed by atoms with Gasteiger partial charge in [0.2, 0.25) is 5.91 Å². The Labute approximate surface area is 155 Å². The molecule has 1 saturated heterocycles. The number of carbonyl (C=O) groups is 2. The highest BCUT2D eigenvalue weighted by atomic mass is 35.5. The van der Waals surface area contributed by atoms with E-state index in [-0.39, 0.29) is 29.0 Å². The Hall–Kier alpha value is -2.41. The van der Waals surface area contributed by atoms with Gasteiger partial charge in [-0.1, -0.05) is 17.7 Å². The number of piperidine rings is 1. The zero-order valence-electron chi connectivity index (χ0n) is 14.3. The maximum atomic E-state index is 13.1. The molecule has 0 radical (unpaired) electrons. The first-order valence-corrected chi connectivity index (χ1v) is 8.73. The van der Waals surface area contributed by atoms with Crippen molar-refractivity contribution in [2.24, 2.45) is 0 Å². The molecular formula is C18H19ClFN3O3. The van der Waals surface area contributed by atoms with Crippen LogP contribution in [0.25, 0.3) is 0 Å². The fourth-order valence-corrected chi connectivity index (χ4v) is 3.54. The van der Waals surface area contributed by atoms with E-state index in [0.29, 0.717) is 37.2 Å². The normalized spacial score (nSPS) is 15.3. The van der Waals surface area contributed by atoms with Crippen molar-refractivity contribution in [1.29, 1.82) is 0 Å².